The maximum atomic E-state index is 11.0. The van der Waals surface area contributed by atoms with Gasteiger partial charge in [0.15, 0.2) is 0 Å². The van der Waals surface area contributed by atoms with Gasteiger partial charge in [-0.05, 0) is 56.3 Å². The summed E-state index contributed by atoms with van der Waals surface area (Å²) in [5, 5.41) is 9.05. The van der Waals surface area contributed by atoms with Crippen molar-refractivity contribution in [3.63, 3.8) is 0 Å². The minimum Gasteiger partial charge on any atom is -0.478 e. The highest BCUT2D eigenvalue weighted by atomic mass is 16.4. The molecule has 0 aliphatic heterocycles. The molecule has 1 fully saturated rings. The maximum Gasteiger partial charge on any atom is 0.331 e. The maximum absolute atomic E-state index is 11.0. The molecule has 2 aliphatic carbocycles. The minimum absolute atomic E-state index is 0.173. The molecule has 0 aromatic heterocycles. The zero-order chi connectivity index (χ0) is 12.6. The van der Waals surface area contributed by atoms with Gasteiger partial charge in [-0.1, -0.05) is 25.2 Å². The lowest BCUT2D eigenvalue weighted by molar-refractivity contribution is -0.133. The quantitative estimate of drug-likeness (QED) is 0.583. The number of allylic oxidation sites excluding steroid dienone is 2. The molecular weight excluding hydrogens is 212 g/mol. The zero-order valence-electron chi connectivity index (χ0n) is 10.8. The third-order valence-corrected chi connectivity index (χ3v) is 4.92. The minimum atomic E-state index is -0.823. The van der Waals surface area contributed by atoms with Crippen LogP contribution in [-0.2, 0) is 4.79 Å². The molecule has 2 nitrogen and oxygen atoms in total. The predicted octanol–water partition coefficient (Wildman–Crippen LogP) is 3.79. The molecule has 2 heteroatoms. The summed E-state index contributed by atoms with van der Waals surface area (Å²) in [5.41, 5.74) is 2.26. The van der Waals surface area contributed by atoms with Gasteiger partial charge in [0.1, 0.15) is 0 Å². The van der Waals surface area contributed by atoms with Crippen LogP contribution in [0.15, 0.2) is 23.8 Å². The molecule has 0 spiro atoms. The monoisotopic (exact) mass is 234 g/mol. The fourth-order valence-electron chi connectivity index (χ4n) is 3.66. The highest BCUT2D eigenvalue weighted by Gasteiger charge is 2.42. The smallest absolute Gasteiger partial charge is 0.331 e. The summed E-state index contributed by atoms with van der Waals surface area (Å²) in [4.78, 5) is 11.0. The summed E-state index contributed by atoms with van der Waals surface area (Å²) in [6, 6.07) is 0. The summed E-state index contributed by atoms with van der Waals surface area (Å²) < 4.78 is 0. The number of hydrogen-bond acceptors (Lipinski definition) is 1. The Kier molecular flexibility index (Phi) is 3.15. The Labute approximate surface area is 103 Å². The molecule has 0 heterocycles. The van der Waals surface area contributed by atoms with E-state index in [0.717, 1.165) is 19.3 Å². The van der Waals surface area contributed by atoms with Gasteiger partial charge < -0.3 is 5.11 Å². The van der Waals surface area contributed by atoms with Crippen molar-refractivity contribution in [1.82, 2.24) is 0 Å². The molecule has 0 aromatic carbocycles. The van der Waals surface area contributed by atoms with Crippen molar-refractivity contribution >= 4 is 5.97 Å². The topological polar surface area (TPSA) is 37.3 Å². The van der Waals surface area contributed by atoms with Crippen LogP contribution < -0.4 is 0 Å². The third kappa shape index (κ3) is 2.18. The molecule has 0 bridgehead atoms. The fraction of sp³-hybridized carbons (Fsp3) is 0.667. The highest BCUT2D eigenvalue weighted by Crippen LogP contribution is 2.52. The van der Waals surface area contributed by atoms with Gasteiger partial charge in [0.2, 0.25) is 0 Å². The molecule has 1 saturated carbocycles. The number of hydrogen-bond donors (Lipinski definition) is 1. The van der Waals surface area contributed by atoms with Gasteiger partial charge in [-0.3, -0.25) is 0 Å². The number of fused-ring (bicyclic) bond motifs is 1. The van der Waals surface area contributed by atoms with Gasteiger partial charge in [-0.2, -0.15) is 0 Å². The first-order valence-electron chi connectivity index (χ1n) is 6.53. The molecule has 2 aliphatic rings. The van der Waals surface area contributed by atoms with Crippen molar-refractivity contribution in [3.05, 3.63) is 23.8 Å². The summed E-state index contributed by atoms with van der Waals surface area (Å²) >= 11 is 0. The van der Waals surface area contributed by atoms with E-state index in [1.54, 1.807) is 0 Å². The Morgan fingerprint density at radius 1 is 1.53 bits per heavy atom. The van der Waals surface area contributed by atoms with Crippen molar-refractivity contribution in [3.8, 4) is 0 Å². The second-order valence-corrected chi connectivity index (χ2v) is 6.00. The lowest BCUT2D eigenvalue weighted by atomic mass is 9.57. The lowest BCUT2D eigenvalue weighted by Crippen LogP contribution is -2.37. The number of aliphatic carboxylic acids is 1. The van der Waals surface area contributed by atoms with E-state index in [1.807, 2.05) is 0 Å². The van der Waals surface area contributed by atoms with Crippen LogP contribution >= 0.6 is 0 Å². The van der Waals surface area contributed by atoms with E-state index >= 15 is 0 Å². The standard InChI is InChI=1S/C15H22O2/c1-10-5-4-7-15(3)8-6-12(9-13(10)15)11(2)14(16)17/h5,12-13H,2,4,6-9H2,1,3H3,(H,16,17)/t12-,13+,15+/m1/s1. The fourth-order valence-corrected chi connectivity index (χ4v) is 3.66. The Bertz CT molecular complexity index is 380. The molecule has 0 aromatic rings. The molecular formula is C15H22O2. The van der Waals surface area contributed by atoms with Gasteiger partial charge in [0, 0.05) is 5.57 Å². The second kappa shape index (κ2) is 4.32. The summed E-state index contributed by atoms with van der Waals surface area (Å²) in [6.45, 7) is 8.32. The van der Waals surface area contributed by atoms with Crippen molar-refractivity contribution < 1.29 is 9.90 Å². The van der Waals surface area contributed by atoms with Crippen LogP contribution in [0.5, 0.6) is 0 Å². The second-order valence-electron chi connectivity index (χ2n) is 6.00. The summed E-state index contributed by atoms with van der Waals surface area (Å²) in [7, 11) is 0. The number of carbonyl (C=O) groups is 1. The van der Waals surface area contributed by atoms with E-state index in [-0.39, 0.29) is 5.92 Å². The van der Waals surface area contributed by atoms with Crippen molar-refractivity contribution in [1.29, 1.82) is 0 Å². The number of rotatable bonds is 2. The van der Waals surface area contributed by atoms with Crippen molar-refractivity contribution in [2.45, 2.75) is 46.0 Å². The zero-order valence-corrected chi connectivity index (χ0v) is 10.8. The Hall–Kier alpha value is -1.05. The molecule has 2 rings (SSSR count). The molecule has 1 N–H and O–H groups in total. The van der Waals surface area contributed by atoms with E-state index in [0.29, 0.717) is 16.9 Å². The molecule has 94 valence electrons. The van der Waals surface area contributed by atoms with Crippen LogP contribution in [0.4, 0.5) is 0 Å². The predicted molar refractivity (Wildman–Crippen MR) is 68.7 cm³/mol. The van der Waals surface area contributed by atoms with Crippen LogP contribution in [0, 0.1) is 17.3 Å². The van der Waals surface area contributed by atoms with E-state index in [4.69, 9.17) is 5.11 Å². The lowest BCUT2D eigenvalue weighted by Gasteiger charge is -2.47. The first-order chi connectivity index (χ1) is 7.94. The first kappa shape index (κ1) is 12.4. The average Bonchev–Trinajstić information content (AvgIpc) is 2.27. The molecule has 0 amide bonds. The van der Waals surface area contributed by atoms with Crippen LogP contribution in [0.2, 0.25) is 0 Å². The van der Waals surface area contributed by atoms with Crippen LogP contribution in [-0.4, -0.2) is 11.1 Å². The molecule has 0 saturated heterocycles. The molecule has 0 unspecified atom stereocenters. The van der Waals surface area contributed by atoms with Crippen LogP contribution in [0.1, 0.15) is 46.0 Å². The van der Waals surface area contributed by atoms with E-state index in [1.165, 1.54) is 18.4 Å². The molecule has 17 heavy (non-hydrogen) atoms. The number of carboxylic acid groups (broad SMARTS) is 1. The number of carboxylic acids is 1. The normalized spacial score (nSPS) is 36.9. The van der Waals surface area contributed by atoms with Gasteiger partial charge in [-0.25, -0.2) is 4.79 Å². The van der Waals surface area contributed by atoms with Gasteiger partial charge in [0.25, 0.3) is 0 Å². The van der Waals surface area contributed by atoms with Crippen LogP contribution in [0.25, 0.3) is 0 Å². The van der Waals surface area contributed by atoms with Gasteiger partial charge >= 0.3 is 5.97 Å². The molecule has 3 atom stereocenters. The highest BCUT2D eigenvalue weighted by molar-refractivity contribution is 5.86. The Morgan fingerprint density at radius 3 is 2.88 bits per heavy atom. The summed E-state index contributed by atoms with van der Waals surface area (Å²) in [5.74, 6) is -0.0887. The average molecular weight is 234 g/mol. The third-order valence-electron chi connectivity index (χ3n) is 4.92. The van der Waals surface area contributed by atoms with E-state index in [9.17, 15) is 4.79 Å². The largest absolute Gasteiger partial charge is 0.478 e. The SMILES string of the molecule is C=C(C(=O)O)[C@@H]1CC[C@]2(C)CCC=C(C)[C@@H]2C1. The van der Waals surface area contributed by atoms with Crippen molar-refractivity contribution in [2.75, 3.05) is 0 Å². The van der Waals surface area contributed by atoms with Gasteiger partial charge in [-0.15, -0.1) is 0 Å². The van der Waals surface area contributed by atoms with E-state index < -0.39 is 5.97 Å². The first-order valence-corrected chi connectivity index (χ1v) is 6.53. The summed E-state index contributed by atoms with van der Waals surface area (Å²) in [6.07, 6.45) is 7.87. The van der Waals surface area contributed by atoms with Crippen LogP contribution in [0.3, 0.4) is 0 Å². The Morgan fingerprint density at radius 2 is 2.24 bits per heavy atom. The Balaban J connectivity index is 2.17. The van der Waals surface area contributed by atoms with Crippen molar-refractivity contribution in [2.24, 2.45) is 17.3 Å². The van der Waals surface area contributed by atoms with E-state index in [2.05, 4.69) is 26.5 Å². The molecule has 0 radical (unpaired) electrons. The van der Waals surface area contributed by atoms with Gasteiger partial charge in [0.05, 0.1) is 0 Å².